The molecule has 0 spiro atoms. The van der Waals surface area contributed by atoms with Crippen LogP contribution in [0.4, 0.5) is 5.69 Å². The molecular weight excluding hydrogens is 330 g/mol. The molecule has 0 aliphatic rings. The molecule has 10 heteroatoms. The maximum atomic E-state index is 12.0. The summed E-state index contributed by atoms with van der Waals surface area (Å²) < 4.78 is 2.21. The molecule has 2 N–H and O–H groups in total. The minimum absolute atomic E-state index is 0.0323. The van der Waals surface area contributed by atoms with Gasteiger partial charge in [-0.2, -0.15) is 5.10 Å². The number of nitrogens with zero attached hydrogens (tertiary/aromatic N) is 3. The molecule has 22 heavy (non-hydrogen) atoms. The third kappa shape index (κ3) is 3.49. The highest BCUT2D eigenvalue weighted by Gasteiger charge is 2.14. The first-order valence-electron chi connectivity index (χ1n) is 6.22. The summed E-state index contributed by atoms with van der Waals surface area (Å²) in [5.41, 5.74) is 0.0192. The fourth-order valence-electron chi connectivity index (χ4n) is 1.79. The minimum atomic E-state index is -0.572. The van der Waals surface area contributed by atoms with Crippen molar-refractivity contribution in [3.8, 4) is 0 Å². The van der Waals surface area contributed by atoms with Crippen LogP contribution < -0.4 is 5.32 Å². The van der Waals surface area contributed by atoms with E-state index in [4.69, 9.17) is 23.8 Å². The molecular formula is C12H12ClN5O3S. The van der Waals surface area contributed by atoms with Gasteiger partial charge in [0.05, 0.1) is 15.5 Å². The Morgan fingerprint density at radius 3 is 2.86 bits per heavy atom. The van der Waals surface area contributed by atoms with Gasteiger partial charge < -0.3 is 9.88 Å². The Hall–Kier alpha value is -2.26. The second-order valence-corrected chi connectivity index (χ2v) is 5.23. The second kappa shape index (κ2) is 6.67. The van der Waals surface area contributed by atoms with Gasteiger partial charge in [-0.3, -0.25) is 20.0 Å². The SMILES string of the molecule is Cn1c(CCNC(=O)c2ccc([N+](=O)[O-])cc2Cl)n[nH]c1=S. The third-order valence-electron chi connectivity index (χ3n) is 3.01. The number of non-ortho nitro benzene ring substituents is 1. The van der Waals surface area contributed by atoms with Crippen molar-refractivity contribution >= 4 is 35.4 Å². The molecule has 1 heterocycles. The number of carbonyl (C=O) groups is 1. The van der Waals surface area contributed by atoms with Gasteiger partial charge >= 0.3 is 0 Å². The van der Waals surface area contributed by atoms with Gasteiger partial charge in [0.2, 0.25) is 0 Å². The van der Waals surface area contributed by atoms with Crippen molar-refractivity contribution < 1.29 is 9.72 Å². The van der Waals surface area contributed by atoms with Gasteiger partial charge in [0, 0.05) is 32.1 Å². The molecule has 0 saturated heterocycles. The number of hydrogen-bond acceptors (Lipinski definition) is 5. The lowest BCUT2D eigenvalue weighted by molar-refractivity contribution is -0.384. The van der Waals surface area contributed by atoms with Crippen LogP contribution in [0.2, 0.25) is 5.02 Å². The Morgan fingerprint density at radius 2 is 2.32 bits per heavy atom. The topological polar surface area (TPSA) is 106 Å². The number of hydrogen-bond donors (Lipinski definition) is 2. The summed E-state index contributed by atoms with van der Waals surface area (Å²) in [6.45, 7) is 0.333. The predicted octanol–water partition coefficient (Wildman–Crippen LogP) is 2.01. The van der Waals surface area contributed by atoms with Crippen molar-refractivity contribution in [1.29, 1.82) is 0 Å². The monoisotopic (exact) mass is 341 g/mol. The maximum absolute atomic E-state index is 12.0. The average molecular weight is 342 g/mol. The van der Waals surface area contributed by atoms with Crippen molar-refractivity contribution in [2.24, 2.45) is 7.05 Å². The molecule has 2 aromatic rings. The number of aromatic nitrogens is 3. The van der Waals surface area contributed by atoms with Crippen molar-refractivity contribution in [1.82, 2.24) is 20.1 Å². The molecule has 1 aromatic heterocycles. The number of aromatic amines is 1. The van der Waals surface area contributed by atoms with Gasteiger partial charge in [0.25, 0.3) is 11.6 Å². The van der Waals surface area contributed by atoms with Gasteiger partial charge in [-0.1, -0.05) is 11.6 Å². The number of nitro benzene ring substituents is 1. The number of halogens is 1. The van der Waals surface area contributed by atoms with Crippen molar-refractivity contribution in [3.63, 3.8) is 0 Å². The van der Waals surface area contributed by atoms with Gasteiger partial charge in [-0.05, 0) is 18.3 Å². The average Bonchev–Trinajstić information content (AvgIpc) is 2.79. The molecule has 1 amide bonds. The van der Waals surface area contributed by atoms with Crippen LogP contribution in [0, 0.1) is 14.9 Å². The number of nitrogens with one attached hydrogen (secondary N) is 2. The Balaban J connectivity index is 1.99. The lowest BCUT2D eigenvalue weighted by Gasteiger charge is -2.06. The Morgan fingerprint density at radius 1 is 1.59 bits per heavy atom. The smallest absolute Gasteiger partial charge is 0.270 e. The van der Waals surface area contributed by atoms with Gasteiger partial charge in [0.15, 0.2) is 4.77 Å². The maximum Gasteiger partial charge on any atom is 0.270 e. The fraction of sp³-hybridized carbons (Fsp3) is 0.250. The number of amides is 1. The largest absolute Gasteiger partial charge is 0.352 e. The van der Waals surface area contributed by atoms with Gasteiger partial charge in [-0.15, -0.1) is 0 Å². The third-order valence-corrected chi connectivity index (χ3v) is 3.69. The highest BCUT2D eigenvalue weighted by atomic mass is 35.5. The molecule has 0 atom stereocenters. The van der Waals surface area contributed by atoms with E-state index in [1.165, 1.54) is 12.1 Å². The van der Waals surface area contributed by atoms with Crippen molar-refractivity contribution in [2.45, 2.75) is 6.42 Å². The number of benzene rings is 1. The summed E-state index contributed by atoms with van der Waals surface area (Å²) in [5, 5.41) is 20.0. The molecule has 116 valence electrons. The first kappa shape index (κ1) is 16.1. The van der Waals surface area contributed by atoms with Crippen LogP contribution in [0.1, 0.15) is 16.2 Å². The van der Waals surface area contributed by atoms with Gasteiger partial charge in [0.1, 0.15) is 5.82 Å². The van der Waals surface area contributed by atoms with Crippen molar-refractivity contribution in [2.75, 3.05) is 6.54 Å². The van der Waals surface area contributed by atoms with Crippen LogP contribution in [0.3, 0.4) is 0 Å². The number of rotatable bonds is 5. The minimum Gasteiger partial charge on any atom is -0.352 e. The van der Waals surface area contributed by atoms with Crippen LogP contribution in [-0.4, -0.2) is 32.1 Å². The summed E-state index contributed by atoms with van der Waals surface area (Å²) in [7, 11) is 1.77. The Bertz CT molecular complexity index is 785. The summed E-state index contributed by atoms with van der Waals surface area (Å²) in [6, 6.07) is 3.71. The van der Waals surface area contributed by atoms with E-state index in [9.17, 15) is 14.9 Å². The highest BCUT2D eigenvalue weighted by Crippen LogP contribution is 2.22. The van der Waals surface area contributed by atoms with Crippen LogP contribution in [0.15, 0.2) is 18.2 Å². The highest BCUT2D eigenvalue weighted by molar-refractivity contribution is 7.71. The van der Waals surface area contributed by atoms with E-state index in [0.29, 0.717) is 23.6 Å². The van der Waals surface area contributed by atoms with Crippen LogP contribution >= 0.6 is 23.8 Å². The van der Waals surface area contributed by atoms with E-state index < -0.39 is 10.8 Å². The van der Waals surface area contributed by atoms with Crippen LogP contribution in [0.25, 0.3) is 0 Å². The van der Waals surface area contributed by atoms with E-state index in [2.05, 4.69) is 15.5 Å². The lowest BCUT2D eigenvalue weighted by atomic mass is 10.2. The molecule has 0 saturated carbocycles. The molecule has 0 aliphatic heterocycles. The first-order valence-corrected chi connectivity index (χ1v) is 7.01. The second-order valence-electron chi connectivity index (χ2n) is 4.43. The number of nitro groups is 1. The van der Waals surface area contributed by atoms with Crippen molar-refractivity contribution in [3.05, 3.63) is 49.5 Å². The summed E-state index contributed by atoms with van der Waals surface area (Å²) in [4.78, 5) is 22.1. The molecule has 1 aromatic carbocycles. The zero-order valence-corrected chi connectivity index (χ0v) is 13.1. The standard InChI is InChI=1S/C12H12ClN5O3S/c1-17-10(15-16-12(17)22)4-5-14-11(19)8-3-2-7(18(20)21)6-9(8)13/h2-3,6H,4-5H2,1H3,(H,14,19)(H,16,22). The Labute approximate surface area is 135 Å². The van der Waals surface area contributed by atoms with Crippen LogP contribution in [-0.2, 0) is 13.5 Å². The number of H-pyrrole nitrogens is 1. The zero-order chi connectivity index (χ0) is 16.3. The van der Waals surface area contributed by atoms with E-state index >= 15 is 0 Å². The first-order chi connectivity index (χ1) is 10.4. The zero-order valence-electron chi connectivity index (χ0n) is 11.5. The van der Waals surface area contributed by atoms with Gasteiger partial charge in [-0.25, -0.2) is 0 Å². The van der Waals surface area contributed by atoms with E-state index in [-0.39, 0.29) is 16.3 Å². The predicted molar refractivity (Wildman–Crippen MR) is 82.5 cm³/mol. The normalized spacial score (nSPS) is 10.5. The van der Waals surface area contributed by atoms with Crippen LogP contribution in [0.5, 0.6) is 0 Å². The molecule has 0 unspecified atom stereocenters. The quantitative estimate of drug-likeness (QED) is 0.491. The fourth-order valence-corrected chi connectivity index (χ4v) is 2.20. The summed E-state index contributed by atoms with van der Waals surface area (Å²) in [5.74, 6) is 0.303. The molecule has 0 aliphatic carbocycles. The van der Waals surface area contributed by atoms with E-state index in [0.717, 1.165) is 6.07 Å². The molecule has 0 radical (unpaired) electrons. The summed E-state index contributed by atoms with van der Waals surface area (Å²) >= 11 is 10.9. The lowest BCUT2D eigenvalue weighted by Crippen LogP contribution is -2.26. The summed E-state index contributed by atoms with van der Waals surface area (Å²) in [6.07, 6.45) is 0.486. The molecule has 0 fully saturated rings. The Kier molecular flexibility index (Phi) is 4.88. The van der Waals surface area contributed by atoms with E-state index in [1.54, 1.807) is 11.6 Å². The molecule has 8 nitrogen and oxygen atoms in total. The molecule has 0 bridgehead atoms. The van der Waals surface area contributed by atoms with E-state index in [1.807, 2.05) is 0 Å². The number of carbonyl (C=O) groups excluding carboxylic acids is 1. The molecule has 2 rings (SSSR count).